The number of hydrogen-bond acceptors (Lipinski definition) is 4. The van der Waals surface area contributed by atoms with E-state index in [4.69, 9.17) is 4.74 Å². The van der Waals surface area contributed by atoms with Crippen LogP contribution in [0.4, 0.5) is 0 Å². The van der Waals surface area contributed by atoms with Crippen molar-refractivity contribution in [3.63, 3.8) is 0 Å². The van der Waals surface area contributed by atoms with Crippen molar-refractivity contribution in [2.75, 3.05) is 26.7 Å². The van der Waals surface area contributed by atoms with Gasteiger partial charge in [-0.3, -0.25) is 9.69 Å². The first-order valence-corrected chi connectivity index (χ1v) is 7.39. The van der Waals surface area contributed by atoms with E-state index in [0.29, 0.717) is 12.6 Å². The summed E-state index contributed by atoms with van der Waals surface area (Å²) in [6.07, 6.45) is 2.42. The van der Waals surface area contributed by atoms with Gasteiger partial charge in [-0.1, -0.05) is 0 Å². The van der Waals surface area contributed by atoms with E-state index in [-0.39, 0.29) is 5.78 Å². The lowest BCUT2D eigenvalue weighted by Crippen LogP contribution is -2.39. The maximum Gasteiger partial charge on any atom is 0.187 e. The highest BCUT2D eigenvalue weighted by atomic mass is 79.9. The minimum atomic E-state index is 0.211. The van der Waals surface area contributed by atoms with Gasteiger partial charge in [0.25, 0.3) is 0 Å². The Bertz CT molecular complexity index is 386. The van der Waals surface area contributed by atoms with E-state index >= 15 is 0 Å². The van der Waals surface area contributed by atoms with Crippen molar-refractivity contribution in [2.45, 2.75) is 18.9 Å². The molecule has 3 nitrogen and oxygen atoms in total. The van der Waals surface area contributed by atoms with Crippen LogP contribution in [-0.2, 0) is 4.74 Å². The Kier molecular flexibility index (Phi) is 4.73. The zero-order chi connectivity index (χ0) is 12.3. The predicted molar refractivity (Wildman–Crippen MR) is 72.8 cm³/mol. The molecular weight excluding hydrogens is 302 g/mol. The summed E-state index contributed by atoms with van der Waals surface area (Å²) in [5.74, 6) is 0.211. The van der Waals surface area contributed by atoms with Crippen molar-refractivity contribution < 1.29 is 9.53 Å². The second-order valence-electron chi connectivity index (χ2n) is 4.23. The van der Waals surface area contributed by atoms with E-state index in [1.807, 2.05) is 11.4 Å². The summed E-state index contributed by atoms with van der Waals surface area (Å²) < 4.78 is 6.23. The van der Waals surface area contributed by atoms with Gasteiger partial charge < -0.3 is 4.74 Å². The molecule has 1 fully saturated rings. The molecule has 1 aliphatic rings. The van der Waals surface area contributed by atoms with Crippen LogP contribution in [0.25, 0.3) is 0 Å². The third-order valence-corrected chi connectivity index (χ3v) is 4.98. The SMILES string of the molecule is COC1CCN(CC(=O)c2sccc2Br)CC1. The van der Waals surface area contributed by atoms with Crippen LogP contribution in [0.5, 0.6) is 0 Å². The van der Waals surface area contributed by atoms with Crippen LogP contribution in [0.3, 0.4) is 0 Å². The number of piperidine rings is 1. The topological polar surface area (TPSA) is 29.5 Å². The number of carbonyl (C=O) groups is 1. The van der Waals surface area contributed by atoms with Gasteiger partial charge in [0, 0.05) is 24.7 Å². The second kappa shape index (κ2) is 6.09. The molecular formula is C12H16BrNO2S. The average molecular weight is 318 g/mol. The summed E-state index contributed by atoms with van der Waals surface area (Å²) >= 11 is 4.91. The third-order valence-electron chi connectivity index (χ3n) is 3.11. The smallest absolute Gasteiger partial charge is 0.187 e. The van der Waals surface area contributed by atoms with Crippen molar-refractivity contribution in [2.24, 2.45) is 0 Å². The molecule has 1 saturated heterocycles. The van der Waals surface area contributed by atoms with Gasteiger partial charge in [-0.2, -0.15) is 0 Å². The molecule has 0 atom stereocenters. The van der Waals surface area contributed by atoms with E-state index in [2.05, 4.69) is 20.8 Å². The quantitative estimate of drug-likeness (QED) is 0.800. The first-order chi connectivity index (χ1) is 8.20. The first kappa shape index (κ1) is 13.2. The number of halogens is 1. The van der Waals surface area contributed by atoms with Gasteiger partial charge >= 0.3 is 0 Å². The summed E-state index contributed by atoms with van der Waals surface area (Å²) in [6.45, 7) is 2.43. The number of ether oxygens (including phenoxy) is 1. The number of carbonyl (C=O) groups excluding carboxylic acids is 1. The zero-order valence-electron chi connectivity index (χ0n) is 9.82. The minimum Gasteiger partial charge on any atom is -0.381 e. The van der Waals surface area contributed by atoms with E-state index in [1.165, 1.54) is 11.3 Å². The van der Waals surface area contributed by atoms with Crippen LogP contribution in [-0.4, -0.2) is 43.5 Å². The number of rotatable bonds is 4. The van der Waals surface area contributed by atoms with E-state index in [9.17, 15) is 4.79 Å². The first-order valence-electron chi connectivity index (χ1n) is 5.72. The Labute approximate surface area is 114 Å². The van der Waals surface area contributed by atoms with Crippen molar-refractivity contribution >= 4 is 33.0 Å². The van der Waals surface area contributed by atoms with Crippen molar-refractivity contribution in [1.29, 1.82) is 0 Å². The van der Waals surface area contributed by atoms with Gasteiger partial charge in [-0.05, 0) is 40.2 Å². The molecule has 0 amide bonds. The van der Waals surface area contributed by atoms with Crippen LogP contribution >= 0.6 is 27.3 Å². The molecule has 17 heavy (non-hydrogen) atoms. The highest BCUT2D eigenvalue weighted by Gasteiger charge is 2.22. The lowest BCUT2D eigenvalue weighted by atomic mass is 10.1. The molecule has 0 aromatic carbocycles. The number of Topliss-reactive ketones (excluding diaryl/α,β-unsaturated/α-hetero) is 1. The molecule has 2 heterocycles. The summed E-state index contributed by atoms with van der Waals surface area (Å²) in [5.41, 5.74) is 0. The number of methoxy groups -OCH3 is 1. The maximum absolute atomic E-state index is 12.1. The molecule has 1 aromatic heterocycles. The number of thiophene rings is 1. The van der Waals surface area contributed by atoms with Gasteiger partial charge in [0.15, 0.2) is 5.78 Å². The number of nitrogens with zero attached hydrogens (tertiary/aromatic N) is 1. The molecule has 0 spiro atoms. The molecule has 1 aliphatic heterocycles. The van der Waals surface area contributed by atoms with Gasteiger partial charge in [-0.25, -0.2) is 0 Å². The molecule has 0 saturated carbocycles. The Morgan fingerprint density at radius 2 is 2.29 bits per heavy atom. The molecule has 5 heteroatoms. The third kappa shape index (κ3) is 3.37. The molecule has 0 unspecified atom stereocenters. The van der Waals surface area contributed by atoms with E-state index in [1.54, 1.807) is 7.11 Å². The highest BCUT2D eigenvalue weighted by molar-refractivity contribution is 9.10. The number of ketones is 1. The van der Waals surface area contributed by atoms with Crippen molar-refractivity contribution in [1.82, 2.24) is 4.90 Å². The molecule has 2 rings (SSSR count). The van der Waals surface area contributed by atoms with Crippen LogP contribution in [0.2, 0.25) is 0 Å². The monoisotopic (exact) mass is 317 g/mol. The van der Waals surface area contributed by atoms with Gasteiger partial charge in [0.05, 0.1) is 17.5 Å². The fourth-order valence-electron chi connectivity index (χ4n) is 2.07. The summed E-state index contributed by atoms with van der Waals surface area (Å²) in [4.78, 5) is 15.1. The Morgan fingerprint density at radius 3 is 2.82 bits per heavy atom. The van der Waals surface area contributed by atoms with Gasteiger partial charge in [0.1, 0.15) is 0 Å². The lowest BCUT2D eigenvalue weighted by molar-refractivity contribution is 0.0402. The largest absolute Gasteiger partial charge is 0.381 e. The van der Waals surface area contributed by atoms with E-state index in [0.717, 1.165) is 35.3 Å². The Hall–Kier alpha value is -0.230. The molecule has 94 valence electrons. The zero-order valence-corrected chi connectivity index (χ0v) is 12.2. The van der Waals surface area contributed by atoms with Crippen LogP contribution < -0.4 is 0 Å². The molecule has 0 aliphatic carbocycles. The molecule has 0 bridgehead atoms. The minimum absolute atomic E-state index is 0.211. The molecule has 1 aromatic rings. The summed E-state index contributed by atoms with van der Waals surface area (Å²) in [7, 11) is 1.76. The predicted octanol–water partition coefficient (Wildman–Crippen LogP) is 2.80. The van der Waals surface area contributed by atoms with E-state index < -0.39 is 0 Å². The summed E-state index contributed by atoms with van der Waals surface area (Å²) in [5, 5.41) is 1.94. The second-order valence-corrected chi connectivity index (χ2v) is 6.00. The fraction of sp³-hybridized carbons (Fsp3) is 0.583. The van der Waals surface area contributed by atoms with Crippen molar-refractivity contribution in [3.05, 3.63) is 20.8 Å². The van der Waals surface area contributed by atoms with Gasteiger partial charge in [0.2, 0.25) is 0 Å². The highest BCUT2D eigenvalue weighted by Crippen LogP contribution is 2.23. The lowest BCUT2D eigenvalue weighted by Gasteiger charge is -2.30. The number of hydrogen-bond donors (Lipinski definition) is 0. The standard InChI is InChI=1S/C12H16BrNO2S/c1-16-9-2-5-14(6-3-9)8-11(15)12-10(13)4-7-17-12/h4,7,9H,2-3,5-6,8H2,1H3. The van der Waals surface area contributed by atoms with Gasteiger partial charge in [-0.15, -0.1) is 11.3 Å². The van der Waals surface area contributed by atoms with Crippen LogP contribution in [0.15, 0.2) is 15.9 Å². The average Bonchev–Trinajstić information content (AvgIpc) is 2.76. The number of likely N-dealkylation sites (tertiary alicyclic amines) is 1. The van der Waals surface area contributed by atoms with Crippen molar-refractivity contribution in [3.8, 4) is 0 Å². The molecule has 0 N–H and O–H groups in total. The fourth-order valence-corrected chi connectivity index (χ4v) is 3.60. The Morgan fingerprint density at radius 1 is 1.59 bits per heavy atom. The maximum atomic E-state index is 12.1. The summed E-state index contributed by atoms with van der Waals surface area (Å²) in [6, 6.07) is 1.93. The Balaban J connectivity index is 1.86. The molecule has 0 radical (unpaired) electrons. The normalized spacial score (nSPS) is 18.5. The van der Waals surface area contributed by atoms with Crippen LogP contribution in [0.1, 0.15) is 22.5 Å². The van der Waals surface area contributed by atoms with Crippen LogP contribution in [0, 0.1) is 0 Å².